The zero-order chi connectivity index (χ0) is 51.4. The lowest BCUT2D eigenvalue weighted by molar-refractivity contribution is -0.305. The highest BCUT2D eigenvalue weighted by Crippen LogP contribution is 2.37. The molecule has 2 bridgehead atoms. The highest BCUT2D eigenvalue weighted by atomic mass is 32.1. The van der Waals surface area contributed by atoms with Gasteiger partial charge in [0, 0.05) is 43.5 Å². The molecule has 2 aromatic rings. The van der Waals surface area contributed by atoms with Crippen molar-refractivity contribution < 1.29 is 67.6 Å². The molecule has 6 rings (SSSR count). The number of anilines is 1. The average Bonchev–Trinajstić information content (AvgIpc) is 3.81. The topological polar surface area (TPSA) is 232 Å². The summed E-state index contributed by atoms with van der Waals surface area (Å²) in [6.45, 7) is 9.96. The van der Waals surface area contributed by atoms with Crippen LogP contribution in [0.1, 0.15) is 78.0 Å². The molecule has 18 nitrogen and oxygen atoms in total. The lowest BCUT2D eigenvalue weighted by atomic mass is 9.79. The summed E-state index contributed by atoms with van der Waals surface area (Å²) in [6.07, 6.45) is -1.17. The van der Waals surface area contributed by atoms with Gasteiger partial charge in [0.1, 0.15) is 35.9 Å². The van der Waals surface area contributed by atoms with Crippen molar-refractivity contribution in [3.05, 3.63) is 59.0 Å². The van der Waals surface area contributed by atoms with Crippen LogP contribution in [0.2, 0.25) is 0 Å². The van der Waals surface area contributed by atoms with Gasteiger partial charge in [-0.15, -0.1) is 11.3 Å². The number of nitrogen functional groups attached to an aromatic ring is 1. The molecule has 0 spiro atoms. The Morgan fingerprint density at radius 3 is 2.45 bits per heavy atom. The number of fused-ring (bicyclic) bond motifs is 3. The van der Waals surface area contributed by atoms with Crippen molar-refractivity contribution in [3.8, 4) is 10.6 Å². The van der Waals surface area contributed by atoms with Gasteiger partial charge in [0.25, 0.3) is 0 Å². The number of thiophene rings is 1. The molecule has 0 amide bonds. The van der Waals surface area contributed by atoms with Crippen LogP contribution in [0.15, 0.2) is 59.3 Å². The second kappa shape index (κ2) is 27.0. The van der Waals surface area contributed by atoms with Crippen molar-refractivity contribution in [1.82, 2.24) is 9.88 Å². The molecule has 3 fully saturated rings. The van der Waals surface area contributed by atoms with Crippen LogP contribution in [0.4, 0.5) is 5.82 Å². The smallest absolute Gasteiger partial charge is 0.308 e. The first-order valence-corrected chi connectivity index (χ1v) is 25.8. The maximum absolute atomic E-state index is 14.5. The molecule has 2 aromatic heterocycles. The third kappa shape index (κ3) is 15.2. The molecule has 396 valence electrons. The Bertz CT molecular complexity index is 2100. The van der Waals surface area contributed by atoms with Crippen LogP contribution in [-0.4, -0.2) is 171 Å². The van der Waals surface area contributed by atoms with E-state index in [2.05, 4.69) is 10.1 Å². The normalized spacial score (nSPS) is 37.0. The second-order valence-corrected chi connectivity index (χ2v) is 20.9. The fraction of sp³-hybridized carbons (Fsp3) is 0.692. The van der Waals surface area contributed by atoms with Gasteiger partial charge >= 0.3 is 5.97 Å². The number of allylic oxidation sites excluding steroid dienone is 3. The number of pyridine rings is 1. The van der Waals surface area contributed by atoms with Crippen molar-refractivity contribution in [2.24, 2.45) is 28.8 Å². The molecule has 0 radical (unpaired) electrons. The lowest BCUT2D eigenvalue weighted by Crippen LogP contribution is -2.63. The van der Waals surface area contributed by atoms with Crippen LogP contribution in [0.25, 0.3) is 10.6 Å². The minimum Gasteiger partial charge on any atom is -0.462 e. The average molecular weight is 1020 g/mol. The van der Waals surface area contributed by atoms with Gasteiger partial charge < -0.3 is 68.7 Å². The third-order valence-electron chi connectivity index (χ3n) is 14.2. The summed E-state index contributed by atoms with van der Waals surface area (Å²) in [6, 6.07) is 8.69. The summed E-state index contributed by atoms with van der Waals surface area (Å²) < 4.78 is 50.4. The van der Waals surface area contributed by atoms with Gasteiger partial charge in [0.05, 0.1) is 79.5 Å². The van der Waals surface area contributed by atoms with E-state index in [4.69, 9.17) is 48.5 Å². The van der Waals surface area contributed by atoms with E-state index in [1.54, 1.807) is 51.2 Å². The molecule has 1 unspecified atom stereocenters. The fourth-order valence-electron chi connectivity index (χ4n) is 10.2. The minimum absolute atomic E-state index is 0.0633. The molecule has 5 heterocycles. The number of aliphatic hydroxyl groups is 3. The summed E-state index contributed by atoms with van der Waals surface area (Å²) in [7, 11) is 6.65. The molecule has 16 atom stereocenters. The zero-order valence-electron chi connectivity index (χ0n) is 42.8. The number of carbonyl (C=O) groups excluding carboxylic acids is 2. The van der Waals surface area contributed by atoms with Crippen LogP contribution in [-0.2, 0) is 58.9 Å². The Labute approximate surface area is 422 Å². The van der Waals surface area contributed by atoms with Gasteiger partial charge in [-0.25, -0.2) is 4.98 Å². The summed E-state index contributed by atoms with van der Waals surface area (Å²) in [4.78, 5) is 42.5. The lowest BCUT2D eigenvalue weighted by Gasteiger charge is -2.47. The highest BCUT2D eigenvalue weighted by Gasteiger charge is 2.48. The number of oxime groups is 1. The molecule has 4 aliphatic rings. The number of esters is 1. The Morgan fingerprint density at radius 2 is 1.73 bits per heavy atom. The number of aromatic nitrogens is 1. The van der Waals surface area contributed by atoms with E-state index in [-0.39, 0.29) is 51.2 Å². The molecule has 1 saturated carbocycles. The molecular formula is C52H78N4O14S. The number of rotatable bonds is 13. The standard InChI is InChI=1S/C52H78N4O14S/c1-10-40-34(25-65-41-18-17-39(58)50(62-8)51(41)63-9)22-29(2)14-16-38(57)30(3)23-33-20-21-64-26-35(55-67-28-36-15-19-43(71-36)37-12-11-13-44(53)54-37)27-66-42(24-45(59)69-40)31(4)49(33)70-52-48(61)46(56(6)7)47(60)32(5)68-52/h11-16,19,22,30-34,39-42,46-52,58,60-61H,10,17-18,20-21,23-28H2,1-9H3,(H2,53,54)/b16-14+,29-22+,55-35+/t30-,31+,32-,33?,34-,39-,40-,41-,42-,46+,47-,48-,49-,50-,51+,52+/m1/s1. The van der Waals surface area contributed by atoms with Gasteiger partial charge in [0.15, 0.2) is 18.7 Å². The largest absolute Gasteiger partial charge is 0.462 e. The third-order valence-corrected chi connectivity index (χ3v) is 15.3. The van der Waals surface area contributed by atoms with E-state index in [0.717, 1.165) is 21.0 Å². The summed E-state index contributed by atoms with van der Waals surface area (Å²) >= 11 is 1.51. The fourth-order valence-corrected chi connectivity index (χ4v) is 11.1. The summed E-state index contributed by atoms with van der Waals surface area (Å²) in [5.74, 6) is -2.01. The maximum Gasteiger partial charge on any atom is 0.308 e. The van der Waals surface area contributed by atoms with Gasteiger partial charge in [0.2, 0.25) is 0 Å². The number of carbonyl (C=O) groups is 2. The SMILES string of the molecule is CC[C@H]1OC(=O)C[C@H]2OC/C(=N/OCc3ccc(-c4cccc(N)n4)s3)COCCC(C[C@@H](C)C(=O)/C=C/C(C)=C/[C@@H]1CO[C@@H]1CC[C@@H](O)[C@@H](OC)[C@H]1OC)[C@H](O[C@@H]1O[C@H](C)[C@@H](O)[C@H](N(C)C)[C@H]1O)[C@H]2C. The van der Waals surface area contributed by atoms with E-state index < -0.39 is 97.1 Å². The molecule has 1 aliphatic carbocycles. The number of ether oxygens (including phenoxy) is 8. The van der Waals surface area contributed by atoms with E-state index in [0.29, 0.717) is 43.6 Å². The highest BCUT2D eigenvalue weighted by molar-refractivity contribution is 7.15. The number of likely N-dealkylation sites (N-methyl/N-ethyl adjacent to an activating group) is 1. The summed E-state index contributed by atoms with van der Waals surface area (Å²) in [5, 5.41) is 38.0. The zero-order valence-corrected chi connectivity index (χ0v) is 43.6. The Morgan fingerprint density at radius 1 is 0.958 bits per heavy atom. The van der Waals surface area contributed by atoms with E-state index >= 15 is 0 Å². The van der Waals surface area contributed by atoms with E-state index in [9.17, 15) is 24.9 Å². The molecule has 2 saturated heterocycles. The van der Waals surface area contributed by atoms with Crippen LogP contribution in [0.5, 0.6) is 0 Å². The van der Waals surface area contributed by atoms with Crippen LogP contribution >= 0.6 is 11.3 Å². The van der Waals surface area contributed by atoms with Gasteiger partial charge in [-0.2, -0.15) is 0 Å². The number of ketones is 1. The minimum atomic E-state index is -1.25. The van der Waals surface area contributed by atoms with Gasteiger partial charge in [-0.05, 0) is 96.3 Å². The maximum atomic E-state index is 14.5. The van der Waals surface area contributed by atoms with Crippen molar-refractivity contribution in [1.29, 1.82) is 0 Å². The number of methoxy groups -OCH3 is 2. The first-order chi connectivity index (χ1) is 34.0. The number of hydrogen-bond acceptors (Lipinski definition) is 19. The predicted octanol–water partition coefficient (Wildman–Crippen LogP) is 5.11. The number of aliphatic hydroxyl groups excluding tert-OH is 3. The molecule has 19 heteroatoms. The Hall–Kier alpha value is -3.70. The molecule has 5 N–H and O–H groups in total. The van der Waals surface area contributed by atoms with Crippen molar-refractivity contribution in [3.63, 3.8) is 0 Å². The van der Waals surface area contributed by atoms with E-state index in [1.165, 1.54) is 18.4 Å². The Kier molecular flexibility index (Phi) is 21.5. The first-order valence-electron chi connectivity index (χ1n) is 25.0. The number of cyclic esters (lactones) is 1. The van der Waals surface area contributed by atoms with Crippen molar-refractivity contribution in [2.45, 2.75) is 153 Å². The number of nitrogens with zero attached hydrogens (tertiary/aromatic N) is 3. The van der Waals surface area contributed by atoms with Gasteiger partial charge in [-0.3, -0.25) is 9.59 Å². The van der Waals surface area contributed by atoms with Crippen LogP contribution in [0, 0.1) is 23.7 Å². The first kappa shape index (κ1) is 56.6. The molecule has 0 aromatic carbocycles. The second-order valence-electron chi connectivity index (χ2n) is 19.7. The van der Waals surface area contributed by atoms with Crippen molar-refractivity contribution in [2.75, 3.05) is 60.5 Å². The number of hydrogen-bond donors (Lipinski definition) is 4. The molecular weight excluding hydrogens is 937 g/mol. The Balaban J connectivity index is 1.32. The molecule has 71 heavy (non-hydrogen) atoms. The van der Waals surface area contributed by atoms with Gasteiger partial charge in [-0.1, -0.05) is 49.7 Å². The monoisotopic (exact) mass is 1010 g/mol. The quantitative estimate of drug-likeness (QED) is 0.151. The van der Waals surface area contributed by atoms with Crippen LogP contribution < -0.4 is 5.73 Å². The van der Waals surface area contributed by atoms with Crippen LogP contribution in [0.3, 0.4) is 0 Å². The van der Waals surface area contributed by atoms with E-state index in [1.807, 2.05) is 58.0 Å². The van der Waals surface area contributed by atoms with Crippen molar-refractivity contribution >= 4 is 34.6 Å². The number of nitrogens with two attached hydrogens (primary N) is 1. The predicted molar refractivity (Wildman–Crippen MR) is 267 cm³/mol. The summed E-state index contributed by atoms with van der Waals surface area (Å²) in [5.41, 5.74) is 7.93. The molecule has 3 aliphatic heterocycles.